The molecule has 1 saturated heterocycles. The first-order chi connectivity index (χ1) is 12.8. The van der Waals surface area contributed by atoms with Gasteiger partial charge in [0.1, 0.15) is 0 Å². The molecule has 1 N–H and O–H groups in total. The maximum absolute atomic E-state index is 3.81. The first-order valence-electron chi connectivity index (χ1n) is 10.8. The molecule has 1 aromatic carbocycles. The van der Waals surface area contributed by atoms with Crippen LogP contribution < -0.4 is 5.32 Å². The van der Waals surface area contributed by atoms with E-state index in [1.807, 2.05) is 0 Å². The molecule has 2 aromatic rings. The van der Waals surface area contributed by atoms with Crippen LogP contribution in [-0.2, 0) is 20.1 Å². The molecule has 142 valence electrons. The summed E-state index contributed by atoms with van der Waals surface area (Å²) in [4.78, 5) is 2.66. The third-order valence-electron chi connectivity index (χ3n) is 6.62. The van der Waals surface area contributed by atoms with E-state index in [9.17, 15) is 0 Å². The molecule has 2 fully saturated rings. The Labute approximate surface area is 158 Å². The van der Waals surface area contributed by atoms with E-state index in [1.165, 1.54) is 87.6 Å². The number of nitrogens with zero attached hydrogens (tertiary/aromatic N) is 2. The van der Waals surface area contributed by atoms with E-state index >= 15 is 0 Å². The van der Waals surface area contributed by atoms with Gasteiger partial charge in [0.15, 0.2) is 0 Å². The van der Waals surface area contributed by atoms with Crippen LogP contribution in [0.3, 0.4) is 0 Å². The Morgan fingerprint density at radius 1 is 0.962 bits per heavy atom. The van der Waals surface area contributed by atoms with Crippen LogP contribution >= 0.6 is 0 Å². The lowest BCUT2D eigenvalue weighted by Crippen LogP contribution is -2.30. The quantitative estimate of drug-likeness (QED) is 0.802. The third kappa shape index (κ3) is 3.99. The average Bonchev–Trinajstić information content (AvgIpc) is 2.96. The van der Waals surface area contributed by atoms with Crippen molar-refractivity contribution in [3.63, 3.8) is 0 Å². The predicted octanol–water partition coefficient (Wildman–Crippen LogP) is 4.83. The van der Waals surface area contributed by atoms with Gasteiger partial charge in [-0.3, -0.25) is 4.90 Å². The van der Waals surface area contributed by atoms with Crippen molar-refractivity contribution in [1.29, 1.82) is 0 Å². The molecule has 4 rings (SSSR count). The molecule has 0 unspecified atom stereocenters. The Morgan fingerprint density at radius 3 is 2.50 bits per heavy atom. The lowest BCUT2D eigenvalue weighted by molar-refractivity contribution is 0.220. The van der Waals surface area contributed by atoms with E-state index in [2.05, 4.69) is 46.1 Å². The number of aromatic nitrogens is 1. The number of aryl methyl sites for hydroxylation is 1. The number of fused-ring (bicyclic) bond motifs is 1. The van der Waals surface area contributed by atoms with Gasteiger partial charge in [0, 0.05) is 36.7 Å². The zero-order valence-electron chi connectivity index (χ0n) is 16.5. The lowest BCUT2D eigenvalue weighted by atomic mass is 9.89. The minimum atomic E-state index is 0.893. The van der Waals surface area contributed by atoms with E-state index in [0.717, 1.165) is 19.0 Å². The van der Waals surface area contributed by atoms with Crippen LogP contribution in [0.2, 0.25) is 0 Å². The van der Waals surface area contributed by atoms with Gasteiger partial charge in [0.2, 0.25) is 0 Å². The molecule has 2 heterocycles. The minimum Gasteiger partial charge on any atom is -0.346 e. The van der Waals surface area contributed by atoms with Gasteiger partial charge in [0.05, 0.1) is 0 Å². The molecule has 0 spiro atoms. The Morgan fingerprint density at radius 2 is 1.69 bits per heavy atom. The molecule has 1 saturated carbocycles. The van der Waals surface area contributed by atoms with Crippen molar-refractivity contribution in [2.45, 2.75) is 64.5 Å². The number of benzene rings is 1. The number of nitrogens with one attached hydrogen (secondary N) is 1. The summed E-state index contributed by atoms with van der Waals surface area (Å²) in [5, 5.41) is 5.27. The topological polar surface area (TPSA) is 20.2 Å². The molecule has 0 bridgehead atoms. The number of likely N-dealkylation sites (tertiary alicyclic amines) is 1. The van der Waals surface area contributed by atoms with Crippen LogP contribution in [0.1, 0.15) is 62.6 Å². The van der Waals surface area contributed by atoms with Crippen LogP contribution in [0.5, 0.6) is 0 Å². The van der Waals surface area contributed by atoms with Crippen LogP contribution in [0, 0.1) is 5.92 Å². The SMILES string of the molecule is Cn1c(CNCC2CCCCC2)c(CN2CCCCC2)c2ccccc21. The zero-order valence-corrected chi connectivity index (χ0v) is 16.5. The van der Waals surface area contributed by atoms with Crippen molar-refractivity contribution < 1.29 is 0 Å². The number of hydrogen-bond acceptors (Lipinski definition) is 2. The second-order valence-corrected chi connectivity index (χ2v) is 8.47. The summed E-state index contributed by atoms with van der Waals surface area (Å²) in [5.41, 5.74) is 4.43. The number of rotatable bonds is 6. The normalized spacial score (nSPS) is 20.0. The van der Waals surface area contributed by atoms with Gasteiger partial charge in [0.25, 0.3) is 0 Å². The third-order valence-corrected chi connectivity index (χ3v) is 6.62. The first kappa shape index (κ1) is 18.1. The molecular formula is C23H35N3. The Kier molecular flexibility index (Phi) is 5.96. The van der Waals surface area contributed by atoms with Crippen molar-refractivity contribution in [2.75, 3.05) is 19.6 Å². The smallest absolute Gasteiger partial charge is 0.0483 e. The van der Waals surface area contributed by atoms with Gasteiger partial charge < -0.3 is 9.88 Å². The van der Waals surface area contributed by atoms with E-state index in [0.29, 0.717) is 0 Å². The van der Waals surface area contributed by atoms with E-state index in [4.69, 9.17) is 0 Å². The zero-order chi connectivity index (χ0) is 17.8. The fourth-order valence-corrected chi connectivity index (χ4v) is 5.05. The maximum atomic E-state index is 3.81. The molecule has 1 aliphatic heterocycles. The predicted molar refractivity (Wildman–Crippen MR) is 110 cm³/mol. The van der Waals surface area contributed by atoms with Gasteiger partial charge >= 0.3 is 0 Å². The molecule has 0 amide bonds. The summed E-state index contributed by atoms with van der Waals surface area (Å²) in [6, 6.07) is 8.96. The second-order valence-electron chi connectivity index (χ2n) is 8.47. The molecule has 26 heavy (non-hydrogen) atoms. The second kappa shape index (κ2) is 8.58. The van der Waals surface area contributed by atoms with Crippen molar-refractivity contribution in [2.24, 2.45) is 13.0 Å². The molecule has 1 aromatic heterocycles. The lowest BCUT2D eigenvalue weighted by Gasteiger charge is -2.27. The summed E-state index contributed by atoms with van der Waals surface area (Å²) in [7, 11) is 2.25. The monoisotopic (exact) mass is 353 g/mol. The summed E-state index contributed by atoms with van der Waals surface area (Å²) in [6.07, 6.45) is 11.3. The summed E-state index contributed by atoms with van der Waals surface area (Å²) >= 11 is 0. The highest BCUT2D eigenvalue weighted by Crippen LogP contribution is 2.28. The van der Waals surface area contributed by atoms with Gasteiger partial charge in [-0.2, -0.15) is 0 Å². The largest absolute Gasteiger partial charge is 0.346 e. The van der Waals surface area contributed by atoms with Crippen molar-refractivity contribution in [1.82, 2.24) is 14.8 Å². The van der Waals surface area contributed by atoms with Gasteiger partial charge in [-0.25, -0.2) is 0 Å². The molecule has 3 nitrogen and oxygen atoms in total. The highest BCUT2D eigenvalue weighted by atomic mass is 15.1. The first-order valence-corrected chi connectivity index (χ1v) is 10.8. The molecule has 0 radical (unpaired) electrons. The molecule has 0 atom stereocenters. The van der Waals surface area contributed by atoms with E-state index in [1.54, 1.807) is 5.56 Å². The summed E-state index contributed by atoms with van der Waals surface area (Å²) in [6.45, 7) is 5.83. The Hall–Kier alpha value is -1.32. The molecular weight excluding hydrogens is 318 g/mol. The highest BCUT2D eigenvalue weighted by Gasteiger charge is 2.19. The number of hydrogen-bond donors (Lipinski definition) is 1. The summed E-state index contributed by atoms with van der Waals surface area (Å²) in [5.74, 6) is 0.893. The minimum absolute atomic E-state index is 0.893. The number of piperidine rings is 1. The molecule has 2 aliphatic rings. The fraction of sp³-hybridized carbons (Fsp3) is 0.652. The van der Waals surface area contributed by atoms with Crippen molar-refractivity contribution >= 4 is 10.9 Å². The van der Waals surface area contributed by atoms with Crippen LogP contribution in [0.4, 0.5) is 0 Å². The van der Waals surface area contributed by atoms with Gasteiger partial charge in [-0.1, -0.05) is 43.9 Å². The van der Waals surface area contributed by atoms with E-state index < -0.39 is 0 Å². The number of para-hydroxylation sites is 1. The average molecular weight is 354 g/mol. The van der Waals surface area contributed by atoms with Gasteiger partial charge in [-0.15, -0.1) is 0 Å². The van der Waals surface area contributed by atoms with Crippen molar-refractivity contribution in [3.05, 3.63) is 35.5 Å². The summed E-state index contributed by atoms with van der Waals surface area (Å²) < 4.78 is 2.43. The van der Waals surface area contributed by atoms with Gasteiger partial charge in [-0.05, 0) is 62.9 Å². The van der Waals surface area contributed by atoms with E-state index in [-0.39, 0.29) is 0 Å². The van der Waals surface area contributed by atoms with Crippen LogP contribution in [0.15, 0.2) is 24.3 Å². The van der Waals surface area contributed by atoms with Crippen molar-refractivity contribution in [3.8, 4) is 0 Å². The standard InChI is InChI=1S/C23H35N3/c1-25-22-13-7-6-12-20(22)21(18-26-14-8-3-9-15-26)23(25)17-24-16-19-10-4-2-5-11-19/h6-7,12-13,19,24H,2-5,8-11,14-18H2,1H3. The maximum Gasteiger partial charge on any atom is 0.0483 e. The Bertz CT molecular complexity index is 706. The van der Waals surface area contributed by atoms with Crippen LogP contribution in [0.25, 0.3) is 10.9 Å². The van der Waals surface area contributed by atoms with Crippen LogP contribution in [-0.4, -0.2) is 29.1 Å². The molecule has 1 aliphatic carbocycles. The highest BCUT2D eigenvalue weighted by molar-refractivity contribution is 5.85. The molecule has 3 heteroatoms. The Balaban J connectivity index is 1.51. The fourth-order valence-electron chi connectivity index (χ4n) is 5.05.